The summed E-state index contributed by atoms with van der Waals surface area (Å²) < 4.78 is 17.6. The fraction of sp³-hybridized carbons (Fsp3) is 0.515. The van der Waals surface area contributed by atoms with Gasteiger partial charge in [-0.1, -0.05) is 35.8 Å². The van der Waals surface area contributed by atoms with Crippen LogP contribution >= 0.6 is 0 Å². The largest absolute Gasteiger partial charge is 0.394 e. The summed E-state index contributed by atoms with van der Waals surface area (Å²) in [5.74, 6) is 11.7. The normalized spacial score (nSPS) is 37.7. The first kappa shape index (κ1) is 31.1. The van der Waals surface area contributed by atoms with E-state index in [1.165, 1.54) is 0 Å². The summed E-state index contributed by atoms with van der Waals surface area (Å²) >= 11 is 0. The maximum absolute atomic E-state index is 10.4. The average molecular weight is 609 g/mol. The molecule has 6 rings (SSSR count). The van der Waals surface area contributed by atoms with E-state index in [-0.39, 0.29) is 0 Å². The van der Waals surface area contributed by atoms with Crippen LogP contribution in [0.4, 0.5) is 0 Å². The Morgan fingerprint density at radius 3 is 1.52 bits per heavy atom. The van der Waals surface area contributed by atoms with E-state index in [0.717, 1.165) is 41.5 Å². The lowest BCUT2D eigenvalue weighted by atomic mass is 9.83. The zero-order chi connectivity index (χ0) is 31.2. The van der Waals surface area contributed by atoms with Crippen molar-refractivity contribution in [2.75, 3.05) is 19.8 Å². The number of aliphatic hydroxyl groups is 8. The molecule has 0 unspecified atom stereocenters. The van der Waals surface area contributed by atoms with Gasteiger partial charge in [-0.3, -0.25) is 0 Å². The number of hydrogen-bond acceptors (Lipinski definition) is 11. The molecule has 3 fully saturated rings. The van der Waals surface area contributed by atoms with E-state index in [2.05, 4.69) is 23.7 Å². The van der Waals surface area contributed by atoms with Crippen molar-refractivity contribution >= 4 is 0 Å². The van der Waals surface area contributed by atoms with Crippen molar-refractivity contribution < 1.29 is 55.1 Å². The number of hydrogen-bond donors (Lipinski definition) is 8. The van der Waals surface area contributed by atoms with Crippen LogP contribution in [0.15, 0.2) is 36.4 Å². The molecule has 1 spiro atoms. The molecule has 2 aromatic rings. The summed E-state index contributed by atoms with van der Waals surface area (Å²) in [5.41, 5.74) is 4.35. The Balaban J connectivity index is 1.31. The quantitative estimate of drug-likeness (QED) is 0.185. The monoisotopic (exact) mass is 608 g/mol. The molecule has 1 aliphatic carbocycles. The molecule has 234 valence electrons. The zero-order valence-corrected chi connectivity index (χ0v) is 23.8. The predicted molar refractivity (Wildman–Crippen MR) is 154 cm³/mol. The second-order valence-corrected chi connectivity index (χ2v) is 11.7. The molecular formula is C33H36O11. The molecule has 10 atom stereocenters. The topological polar surface area (TPSA) is 190 Å². The van der Waals surface area contributed by atoms with Crippen molar-refractivity contribution in [3.63, 3.8) is 0 Å². The van der Waals surface area contributed by atoms with Gasteiger partial charge in [-0.25, -0.2) is 0 Å². The lowest BCUT2D eigenvalue weighted by Gasteiger charge is -2.37. The third-order valence-corrected chi connectivity index (χ3v) is 8.97. The second-order valence-electron chi connectivity index (χ2n) is 11.7. The van der Waals surface area contributed by atoms with Crippen LogP contribution in [0.1, 0.15) is 41.5 Å². The maximum Gasteiger partial charge on any atom is 0.147 e. The van der Waals surface area contributed by atoms with Crippen molar-refractivity contribution in [3.8, 4) is 34.8 Å². The minimum absolute atomic E-state index is 0.533. The number of benzene rings is 2. The van der Waals surface area contributed by atoms with Gasteiger partial charge in [0.05, 0.1) is 13.2 Å². The van der Waals surface area contributed by atoms with E-state index in [9.17, 15) is 40.9 Å². The number of ether oxygens (including phenoxy) is 3. The smallest absolute Gasteiger partial charge is 0.147 e. The van der Waals surface area contributed by atoms with Gasteiger partial charge in [-0.2, -0.15) is 0 Å². The first-order valence-electron chi connectivity index (χ1n) is 14.8. The minimum atomic E-state index is -1.51. The Hall–Kier alpha value is -2.88. The van der Waals surface area contributed by atoms with Gasteiger partial charge < -0.3 is 55.1 Å². The SMILES string of the molecule is OC[C@H]1O[C@H](C#Cc2ccc3c(c2)C2(CCCCO2)c2cc(C#C[C@H]4O[C@H](CO)[C@@H](O)[C@H](O)[C@@H]4O)ccc2-3)[C@@H](O)[C@@H](O)[C@@H]1O. The fourth-order valence-corrected chi connectivity index (χ4v) is 6.50. The molecule has 0 amide bonds. The van der Waals surface area contributed by atoms with Crippen LogP contribution in [0, 0.1) is 23.7 Å². The lowest BCUT2D eigenvalue weighted by molar-refractivity contribution is -0.214. The number of rotatable bonds is 2. The molecule has 3 heterocycles. The van der Waals surface area contributed by atoms with Gasteiger partial charge in [0.2, 0.25) is 0 Å². The van der Waals surface area contributed by atoms with Crippen LogP contribution in [0.5, 0.6) is 0 Å². The van der Waals surface area contributed by atoms with Crippen LogP contribution in [0.3, 0.4) is 0 Å². The van der Waals surface area contributed by atoms with E-state index in [0.29, 0.717) is 17.7 Å². The molecule has 8 N–H and O–H groups in total. The summed E-state index contributed by atoms with van der Waals surface area (Å²) in [6.45, 7) is -0.510. The van der Waals surface area contributed by atoms with E-state index in [4.69, 9.17) is 14.2 Å². The summed E-state index contributed by atoms with van der Waals surface area (Å²) in [4.78, 5) is 0. The highest BCUT2D eigenvalue weighted by molar-refractivity contribution is 5.81. The van der Waals surface area contributed by atoms with Gasteiger partial charge in [0.15, 0.2) is 0 Å². The highest BCUT2D eigenvalue weighted by Crippen LogP contribution is 2.54. The molecule has 44 heavy (non-hydrogen) atoms. The lowest BCUT2D eigenvalue weighted by Crippen LogP contribution is -2.58. The van der Waals surface area contributed by atoms with E-state index >= 15 is 0 Å². The van der Waals surface area contributed by atoms with Crippen LogP contribution in [0.2, 0.25) is 0 Å². The third-order valence-electron chi connectivity index (χ3n) is 8.97. The first-order chi connectivity index (χ1) is 21.2. The summed E-state index contributed by atoms with van der Waals surface area (Å²) in [7, 11) is 0. The summed E-state index contributed by atoms with van der Waals surface area (Å²) in [5, 5.41) is 80.1. The summed E-state index contributed by atoms with van der Waals surface area (Å²) in [6.07, 6.45) is -10.6. The average Bonchev–Trinajstić information content (AvgIpc) is 3.29. The van der Waals surface area contributed by atoms with E-state index in [1.54, 1.807) is 0 Å². The first-order valence-corrected chi connectivity index (χ1v) is 14.8. The third kappa shape index (κ3) is 5.35. The van der Waals surface area contributed by atoms with Gasteiger partial charge in [0, 0.05) is 17.7 Å². The van der Waals surface area contributed by atoms with Gasteiger partial charge in [-0.05, 0) is 65.8 Å². The van der Waals surface area contributed by atoms with Gasteiger partial charge in [-0.15, -0.1) is 0 Å². The molecule has 2 aromatic carbocycles. The van der Waals surface area contributed by atoms with Crippen LogP contribution in [0.25, 0.3) is 11.1 Å². The van der Waals surface area contributed by atoms with Crippen molar-refractivity contribution in [1.82, 2.24) is 0 Å². The zero-order valence-electron chi connectivity index (χ0n) is 23.8. The minimum Gasteiger partial charge on any atom is -0.394 e. The molecule has 4 aliphatic rings. The molecule has 0 radical (unpaired) electrons. The Morgan fingerprint density at radius 1 is 0.636 bits per heavy atom. The Morgan fingerprint density at radius 2 is 1.11 bits per heavy atom. The Bertz CT molecular complexity index is 1390. The summed E-state index contributed by atoms with van der Waals surface area (Å²) in [6, 6.07) is 11.5. The maximum atomic E-state index is 10.4. The standard InChI is InChI=1S/C33H36O11/c34-15-25-29(38)31(40)27(36)23(43-25)9-5-17-3-7-19-20-8-4-18(6-10-24-28(37)32(41)30(39)26(16-35)44-24)14-22(20)33(21(19)13-17)11-1-2-12-42-33/h3-4,7-8,13-14,23-32,34-41H,1-2,11-12,15-16H2/t23-,24-,25-,26-,27-,28-,29-,30-,31-,32-/m1/s1. The molecule has 3 saturated heterocycles. The van der Waals surface area contributed by atoms with Crippen molar-refractivity contribution in [2.24, 2.45) is 0 Å². The number of aliphatic hydroxyl groups excluding tert-OH is 8. The van der Waals surface area contributed by atoms with E-state index in [1.807, 2.05) is 36.4 Å². The fourth-order valence-electron chi connectivity index (χ4n) is 6.50. The highest BCUT2D eigenvalue weighted by atomic mass is 16.6. The van der Waals surface area contributed by atoms with Crippen molar-refractivity contribution in [1.29, 1.82) is 0 Å². The van der Waals surface area contributed by atoms with E-state index < -0.39 is 79.9 Å². The molecule has 11 heteroatoms. The molecular weight excluding hydrogens is 572 g/mol. The molecule has 3 aliphatic heterocycles. The predicted octanol–water partition coefficient (Wildman–Crippen LogP) is -1.50. The van der Waals surface area contributed by atoms with Crippen LogP contribution < -0.4 is 0 Å². The molecule has 0 aromatic heterocycles. The Kier molecular flexibility index (Phi) is 8.83. The van der Waals surface area contributed by atoms with Crippen molar-refractivity contribution in [2.45, 2.75) is 85.9 Å². The highest BCUT2D eigenvalue weighted by Gasteiger charge is 2.46. The van der Waals surface area contributed by atoms with Crippen LogP contribution in [-0.4, -0.2) is 122 Å². The second kappa shape index (κ2) is 12.5. The molecule has 0 saturated carbocycles. The van der Waals surface area contributed by atoms with Gasteiger partial charge in [0.1, 0.15) is 66.6 Å². The van der Waals surface area contributed by atoms with Crippen molar-refractivity contribution in [3.05, 3.63) is 58.7 Å². The van der Waals surface area contributed by atoms with Crippen LogP contribution in [-0.2, 0) is 19.8 Å². The molecule has 0 bridgehead atoms. The number of fused-ring (bicyclic) bond motifs is 5. The molecule has 11 nitrogen and oxygen atoms in total. The van der Waals surface area contributed by atoms with Gasteiger partial charge >= 0.3 is 0 Å². The Labute approximate surface area is 254 Å². The van der Waals surface area contributed by atoms with Gasteiger partial charge in [0.25, 0.3) is 0 Å².